The number of amides is 4. The lowest BCUT2D eigenvalue weighted by atomic mass is 9.83. The van der Waals surface area contributed by atoms with E-state index >= 15 is 0 Å². The number of benzene rings is 2. The molecular formula is C23H12N2O6. The SMILES string of the molecule is O=C1NC(=O)C(=Cc2ccc(-c3ccc4c(c3)C(=O)c3ccccc3C4=O)o2)C(=O)N1. The monoisotopic (exact) mass is 412 g/mol. The maximum atomic E-state index is 12.9. The molecular weight excluding hydrogens is 400 g/mol. The molecule has 150 valence electrons. The molecule has 2 heterocycles. The highest BCUT2D eigenvalue weighted by Crippen LogP contribution is 2.31. The summed E-state index contributed by atoms with van der Waals surface area (Å²) < 4.78 is 5.70. The molecule has 0 radical (unpaired) electrons. The Morgan fingerprint density at radius 3 is 1.97 bits per heavy atom. The second kappa shape index (κ2) is 6.74. The zero-order chi connectivity index (χ0) is 21.7. The number of fused-ring (bicyclic) bond motifs is 2. The molecule has 1 aliphatic carbocycles. The van der Waals surface area contributed by atoms with Crippen molar-refractivity contribution in [3.63, 3.8) is 0 Å². The van der Waals surface area contributed by atoms with Crippen molar-refractivity contribution in [1.82, 2.24) is 10.6 Å². The summed E-state index contributed by atoms with van der Waals surface area (Å²) in [6, 6.07) is 13.8. The fourth-order valence-corrected chi connectivity index (χ4v) is 3.59. The Hall–Kier alpha value is -4.59. The van der Waals surface area contributed by atoms with Gasteiger partial charge in [-0.15, -0.1) is 0 Å². The highest BCUT2D eigenvalue weighted by atomic mass is 16.3. The molecule has 0 unspecified atom stereocenters. The molecule has 0 atom stereocenters. The van der Waals surface area contributed by atoms with E-state index < -0.39 is 17.8 Å². The van der Waals surface area contributed by atoms with E-state index in [1.54, 1.807) is 54.6 Å². The van der Waals surface area contributed by atoms with Crippen LogP contribution < -0.4 is 10.6 Å². The number of hydrogen-bond donors (Lipinski definition) is 2. The number of carbonyl (C=O) groups is 5. The fourth-order valence-electron chi connectivity index (χ4n) is 3.59. The zero-order valence-electron chi connectivity index (χ0n) is 15.7. The average Bonchev–Trinajstić information content (AvgIpc) is 3.23. The van der Waals surface area contributed by atoms with E-state index in [-0.39, 0.29) is 28.5 Å². The number of nitrogens with one attached hydrogen (secondary N) is 2. The molecule has 31 heavy (non-hydrogen) atoms. The number of rotatable bonds is 2. The van der Waals surface area contributed by atoms with Gasteiger partial charge < -0.3 is 4.42 Å². The second-order valence-corrected chi connectivity index (χ2v) is 6.96. The minimum Gasteiger partial charge on any atom is -0.457 e. The van der Waals surface area contributed by atoms with E-state index in [0.717, 1.165) is 0 Å². The van der Waals surface area contributed by atoms with Gasteiger partial charge in [0.15, 0.2) is 11.6 Å². The number of furan rings is 1. The van der Waals surface area contributed by atoms with Crippen LogP contribution in [0.3, 0.4) is 0 Å². The summed E-state index contributed by atoms with van der Waals surface area (Å²) in [4.78, 5) is 60.5. The first-order valence-corrected chi connectivity index (χ1v) is 9.23. The van der Waals surface area contributed by atoms with E-state index in [1.165, 1.54) is 6.08 Å². The van der Waals surface area contributed by atoms with Crippen LogP contribution >= 0.6 is 0 Å². The van der Waals surface area contributed by atoms with E-state index in [4.69, 9.17) is 4.42 Å². The Labute approximate surface area is 174 Å². The quantitative estimate of drug-likeness (QED) is 0.385. The molecule has 8 heteroatoms. The molecule has 2 N–H and O–H groups in total. The molecule has 1 aliphatic heterocycles. The lowest BCUT2D eigenvalue weighted by Gasteiger charge is -2.17. The minimum absolute atomic E-state index is 0.204. The largest absolute Gasteiger partial charge is 0.457 e. The number of carbonyl (C=O) groups excluding carboxylic acids is 5. The van der Waals surface area contributed by atoms with Gasteiger partial charge >= 0.3 is 6.03 Å². The molecule has 1 aromatic heterocycles. The summed E-state index contributed by atoms with van der Waals surface area (Å²) in [5.74, 6) is -1.55. The van der Waals surface area contributed by atoms with Gasteiger partial charge in [0, 0.05) is 27.8 Å². The summed E-state index contributed by atoms with van der Waals surface area (Å²) in [5, 5.41) is 3.96. The number of hydrogen-bond acceptors (Lipinski definition) is 6. The van der Waals surface area contributed by atoms with Crippen LogP contribution in [0.15, 0.2) is 64.6 Å². The van der Waals surface area contributed by atoms with Gasteiger partial charge in [0.25, 0.3) is 11.8 Å². The Balaban J connectivity index is 1.50. The maximum Gasteiger partial charge on any atom is 0.328 e. The molecule has 0 bridgehead atoms. The predicted molar refractivity (Wildman–Crippen MR) is 107 cm³/mol. The third-order valence-electron chi connectivity index (χ3n) is 5.07. The molecule has 5 rings (SSSR count). The van der Waals surface area contributed by atoms with Crippen LogP contribution in [0.2, 0.25) is 0 Å². The third-order valence-corrected chi connectivity index (χ3v) is 5.07. The van der Waals surface area contributed by atoms with E-state index in [1.807, 2.05) is 10.6 Å². The van der Waals surface area contributed by atoms with Crippen LogP contribution in [0.1, 0.15) is 37.6 Å². The lowest BCUT2D eigenvalue weighted by molar-refractivity contribution is -0.123. The average molecular weight is 412 g/mol. The van der Waals surface area contributed by atoms with E-state index in [9.17, 15) is 24.0 Å². The fraction of sp³-hybridized carbons (Fsp3) is 0. The lowest BCUT2D eigenvalue weighted by Crippen LogP contribution is -2.51. The van der Waals surface area contributed by atoms with Gasteiger partial charge in [-0.1, -0.05) is 30.3 Å². The van der Waals surface area contributed by atoms with Crippen LogP contribution in [0.4, 0.5) is 4.79 Å². The number of urea groups is 1. The number of barbiturate groups is 1. The van der Waals surface area contributed by atoms with Crippen molar-refractivity contribution < 1.29 is 28.4 Å². The Bertz CT molecular complexity index is 1360. The maximum absolute atomic E-state index is 12.9. The van der Waals surface area contributed by atoms with Crippen LogP contribution in [-0.2, 0) is 9.59 Å². The van der Waals surface area contributed by atoms with Crippen molar-refractivity contribution in [2.24, 2.45) is 0 Å². The summed E-state index contributed by atoms with van der Waals surface area (Å²) in [6.45, 7) is 0. The van der Waals surface area contributed by atoms with Gasteiger partial charge in [-0.25, -0.2) is 4.79 Å². The molecule has 1 fully saturated rings. The standard InChI is InChI=1S/C23H12N2O6/c26-19-13-3-1-2-4-14(13)20(27)16-9-11(5-7-15(16)19)18-8-6-12(31-18)10-17-21(28)24-23(30)25-22(17)29/h1-10H,(H2,24,25,28,29,30). The summed E-state index contributed by atoms with van der Waals surface area (Å²) >= 11 is 0. The normalized spacial score (nSPS) is 15.2. The van der Waals surface area contributed by atoms with Gasteiger partial charge in [-0.2, -0.15) is 0 Å². The van der Waals surface area contributed by atoms with Crippen molar-refractivity contribution in [2.75, 3.05) is 0 Å². The van der Waals surface area contributed by atoms with Crippen molar-refractivity contribution in [2.45, 2.75) is 0 Å². The van der Waals surface area contributed by atoms with Crippen LogP contribution in [-0.4, -0.2) is 29.4 Å². The van der Waals surface area contributed by atoms with Gasteiger partial charge in [0.1, 0.15) is 17.1 Å². The smallest absolute Gasteiger partial charge is 0.328 e. The zero-order valence-corrected chi connectivity index (χ0v) is 15.7. The first-order valence-electron chi connectivity index (χ1n) is 9.23. The van der Waals surface area contributed by atoms with Gasteiger partial charge in [0.2, 0.25) is 0 Å². The predicted octanol–water partition coefficient (Wildman–Crippen LogP) is 2.47. The van der Waals surface area contributed by atoms with Crippen molar-refractivity contribution in [1.29, 1.82) is 0 Å². The van der Waals surface area contributed by atoms with Crippen LogP contribution in [0, 0.1) is 0 Å². The van der Waals surface area contributed by atoms with E-state index in [2.05, 4.69) is 0 Å². The molecule has 2 aliphatic rings. The van der Waals surface area contributed by atoms with Gasteiger partial charge in [-0.3, -0.25) is 29.8 Å². The number of imide groups is 2. The molecule has 1 saturated heterocycles. The van der Waals surface area contributed by atoms with Crippen molar-refractivity contribution in [3.05, 3.63) is 88.2 Å². The highest BCUT2D eigenvalue weighted by Gasteiger charge is 2.30. The molecule has 0 saturated carbocycles. The Morgan fingerprint density at radius 2 is 1.29 bits per heavy atom. The summed E-state index contributed by atoms with van der Waals surface area (Å²) in [6.07, 6.45) is 1.21. The number of ketones is 2. The summed E-state index contributed by atoms with van der Waals surface area (Å²) in [5.41, 5.74) is 1.61. The molecule has 4 amide bonds. The first-order chi connectivity index (χ1) is 14.9. The molecule has 8 nitrogen and oxygen atoms in total. The van der Waals surface area contributed by atoms with Crippen LogP contribution in [0.5, 0.6) is 0 Å². The minimum atomic E-state index is -0.887. The highest BCUT2D eigenvalue weighted by molar-refractivity contribution is 6.31. The third kappa shape index (κ3) is 2.98. The van der Waals surface area contributed by atoms with Crippen LogP contribution in [0.25, 0.3) is 17.4 Å². The molecule has 2 aromatic carbocycles. The second-order valence-electron chi connectivity index (χ2n) is 6.96. The Morgan fingerprint density at radius 1 is 0.677 bits per heavy atom. The first kappa shape index (κ1) is 18.4. The summed E-state index contributed by atoms with van der Waals surface area (Å²) in [7, 11) is 0. The van der Waals surface area contributed by atoms with Crippen molar-refractivity contribution >= 4 is 35.5 Å². The van der Waals surface area contributed by atoms with Gasteiger partial charge in [-0.05, 0) is 30.3 Å². The topological polar surface area (TPSA) is 123 Å². The van der Waals surface area contributed by atoms with Gasteiger partial charge in [0.05, 0.1) is 0 Å². The van der Waals surface area contributed by atoms with Crippen molar-refractivity contribution in [3.8, 4) is 11.3 Å². The van der Waals surface area contributed by atoms with E-state index in [0.29, 0.717) is 28.0 Å². The Kier molecular flexibility index (Phi) is 4.01. The molecule has 0 spiro atoms. The molecule has 3 aromatic rings.